The van der Waals surface area contributed by atoms with Gasteiger partial charge in [-0.05, 0) is 49.4 Å². The third-order valence-corrected chi connectivity index (χ3v) is 4.89. The van der Waals surface area contributed by atoms with E-state index in [0.717, 1.165) is 0 Å². The average molecular weight is 421 g/mol. The van der Waals surface area contributed by atoms with Crippen molar-refractivity contribution < 1.29 is 14.5 Å². The molecule has 0 amide bonds. The van der Waals surface area contributed by atoms with Gasteiger partial charge in [-0.2, -0.15) is 0 Å². The number of hydrogen-bond acceptors (Lipinski definition) is 5. The predicted octanol–water partition coefficient (Wildman–Crippen LogP) is 4.44. The van der Waals surface area contributed by atoms with Crippen LogP contribution in [0.4, 0.5) is 5.69 Å². The lowest BCUT2D eigenvalue weighted by molar-refractivity contribution is -0.384. The molecule has 0 saturated carbocycles. The quantitative estimate of drug-likeness (QED) is 0.407. The number of ketones is 1. The Morgan fingerprint density at radius 3 is 2.65 bits per heavy atom. The Balaban J connectivity index is 2.11. The topological polar surface area (TPSA) is 69.4 Å². The van der Waals surface area contributed by atoms with Gasteiger partial charge in [0.1, 0.15) is 5.75 Å². The highest BCUT2D eigenvalue weighted by Crippen LogP contribution is 2.30. The molecule has 0 atom stereocenters. The molecule has 0 spiro atoms. The Labute approximate surface area is 135 Å². The van der Waals surface area contributed by atoms with Crippen LogP contribution in [0.3, 0.4) is 0 Å². The molecule has 0 fully saturated rings. The first-order valence-electron chi connectivity index (χ1n) is 5.32. The summed E-state index contributed by atoms with van der Waals surface area (Å²) in [4.78, 5) is 22.7. The summed E-state index contributed by atoms with van der Waals surface area (Å²) >= 11 is 7.81. The van der Waals surface area contributed by atoms with Gasteiger partial charge in [-0.3, -0.25) is 14.9 Å². The first-order chi connectivity index (χ1) is 9.49. The largest absolute Gasteiger partial charge is 0.484 e. The van der Waals surface area contributed by atoms with Crippen LogP contribution in [0.1, 0.15) is 9.67 Å². The van der Waals surface area contributed by atoms with Crippen LogP contribution in [0, 0.1) is 10.1 Å². The predicted molar refractivity (Wildman–Crippen MR) is 82.6 cm³/mol. The zero-order chi connectivity index (χ0) is 14.7. The number of carbonyl (C=O) groups excluding carboxylic acids is 1. The van der Waals surface area contributed by atoms with Crippen molar-refractivity contribution in [2.24, 2.45) is 0 Å². The molecule has 0 aliphatic rings. The number of rotatable bonds is 5. The van der Waals surface area contributed by atoms with Crippen molar-refractivity contribution in [1.82, 2.24) is 0 Å². The van der Waals surface area contributed by atoms with Gasteiger partial charge in [0.25, 0.3) is 5.69 Å². The highest BCUT2D eigenvalue weighted by atomic mass is 79.9. The van der Waals surface area contributed by atoms with E-state index in [2.05, 4.69) is 31.9 Å². The molecule has 1 heterocycles. The van der Waals surface area contributed by atoms with Gasteiger partial charge < -0.3 is 4.74 Å². The van der Waals surface area contributed by atoms with Crippen molar-refractivity contribution in [3.63, 3.8) is 0 Å². The fourth-order valence-electron chi connectivity index (χ4n) is 1.42. The second-order valence-electron chi connectivity index (χ2n) is 3.68. The highest BCUT2D eigenvalue weighted by molar-refractivity contribution is 9.11. The second-order valence-corrected chi connectivity index (χ2v) is 6.31. The summed E-state index contributed by atoms with van der Waals surface area (Å²) in [6.45, 7) is -0.182. The molecule has 104 valence electrons. The molecule has 5 nitrogen and oxygen atoms in total. The van der Waals surface area contributed by atoms with E-state index in [1.54, 1.807) is 11.4 Å². The van der Waals surface area contributed by atoms with Crippen molar-refractivity contribution in [3.8, 4) is 5.75 Å². The Kier molecular flexibility index (Phi) is 4.90. The molecule has 2 aromatic rings. The Morgan fingerprint density at radius 2 is 2.05 bits per heavy atom. The normalized spacial score (nSPS) is 10.3. The lowest BCUT2D eigenvalue weighted by Crippen LogP contribution is -2.11. The van der Waals surface area contributed by atoms with Crippen LogP contribution in [0.25, 0.3) is 0 Å². The molecule has 0 bridgehead atoms. The van der Waals surface area contributed by atoms with Crippen molar-refractivity contribution in [2.45, 2.75) is 0 Å². The van der Waals surface area contributed by atoms with E-state index in [-0.39, 0.29) is 23.8 Å². The molecule has 20 heavy (non-hydrogen) atoms. The number of hydrogen-bond donors (Lipinski definition) is 0. The number of nitro groups is 1. The molecule has 1 aromatic heterocycles. The third kappa shape index (κ3) is 3.44. The summed E-state index contributed by atoms with van der Waals surface area (Å²) in [5, 5.41) is 12.5. The average Bonchev–Trinajstić information content (AvgIpc) is 2.83. The molecule has 8 heteroatoms. The van der Waals surface area contributed by atoms with Gasteiger partial charge in [-0.25, -0.2) is 0 Å². The summed E-state index contributed by atoms with van der Waals surface area (Å²) in [7, 11) is 0. The SMILES string of the molecule is O=C(COc1cc([N+](=O)[O-])ccc1Br)c1sccc1Br. The Hall–Kier alpha value is -1.25. The van der Waals surface area contributed by atoms with Gasteiger partial charge in [-0.1, -0.05) is 0 Å². The van der Waals surface area contributed by atoms with Crippen LogP contribution in [-0.2, 0) is 0 Å². The molecule has 0 N–H and O–H groups in total. The number of nitrogens with zero attached hydrogens (tertiary/aromatic N) is 1. The monoisotopic (exact) mass is 419 g/mol. The molecule has 0 saturated heterocycles. The van der Waals surface area contributed by atoms with Crippen molar-refractivity contribution >= 4 is 54.7 Å². The first kappa shape index (κ1) is 15.1. The highest BCUT2D eigenvalue weighted by Gasteiger charge is 2.15. The Bertz CT molecular complexity index is 671. The van der Waals surface area contributed by atoms with Gasteiger partial charge in [0.15, 0.2) is 6.61 Å². The number of Topliss-reactive ketones (excluding diaryl/α,β-unsaturated/α-hetero) is 1. The van der Waals surface area contributed by atoms with E-state index in [1.807, 2.05) is 0 Å². The summed E-state index contributed by atoms with van der Waals surface area (Å²) in [5.74, 6) is 0.0745. The minimum atomic E-state index is -0.517. The molecule has 2 rings (SSSR count). The summed E-state index contributed by atoms with van der Waals surface area (Å²) < 4.78 is 6.63. The number of halogens is 2. The van der Waals surface area contributed by atoms with Gasteiger partial charge in [0, 0.05) is 10.5 Å². The minimum Gasteiger partial charge on any atom is -0.484 e. The van der Waals surface area contributed by atoms with Gasteiger partial charge >= 0.3 is 0 Å². The fraction of sp³-hybridized carbons (Fsp3) is 0.0833. The first-order valence-corrected chi connectivity index (χ1v) is 7.78. The van der Waals surface area contributed by atoms with Gasteiger partial charge in [-0.15, -0.1) is 11.3 Å². The van der Waals surface area contributed by atoms with E-state index < -0.39 is 4.92 Å². The van der Waals surface area contributed by atoms with E-state index in [0.29, 0.717) is 13.8 Å². The minimum absolute atomic E-state index is 0.0899. The van der Waals surface area contributed by atoms with Crippen LogP contribution < -0.4 is 4.74 Å². The maximum absolute atomic E-state index is 11.9. The zero-order valence-corrected chi connectivity index (χ0v) is 13.8. The molecular formula is C12H7Br2NO4S. The maximum atomic E-state index is 11.9. The maximum Gasteiger partial charge on any atom is 0.273 e. The molecule has 0 radical (unpaired) electrons. The van der Waals surface area contributed by atoms with E-state index in [1.165, 1.54) is 29.5 Å². The van der Waals surface area contributed by atoms with Crippen LogP contribution in [0.15, 0.2) is 38.6 Å². The van der Waals surface area contributed by atoms with Gasteiger partial charge in [0.05, 0.1) is 20.3 Å². The van der Waals surface area contributed by atoms with Crippen molar-refractivity contribution in [2.75, 3.05) is 6.61 Å². The van der Waals surface area contributed by atoms with E-state index >= 15 is 0 Å². The van der Waals surface area contributed by atoms with Crippen LogP contribution in [-0.4, -0.2) is 17.3 Å². The summed E-state index contributed by atoms with van der Waals surface area (Å²) in [5.41, 5.74) is -0.0899. The lowest BCUT2D eigenvalue weighted by Gasteiger charge is -2.07. The van der Waals surface area contributed by atoms with Crippen LogP contribution >= 0.6 is 43.2 Å². The lowest BCUT2D eigenvalue weighted by atomic mass is 10.3. The molecule has 0 aliphatic carbocycles. The number of benzene rings is 1. The zero-order valence-electron chi connectivity index (χ0n) is 9.84. The van der Waals surface area contributed by atoms with Crippen molar-refractivity contribution in [1.29, 1.82) is 0 Å². The molecule has 0 unspecified atom stereocenters. The van der Waals surface area contributed by atoms with Crippen LogP contribution in [0.5, 0.6) is 5.75 Å². The summed E-state index contributed by atoms with van der Waals surface area (Å²) in [6.07, 6.45) is 0. The Morgan fingerprint density at radius 1 is 1.30 bits per heavy atom. The summed E-state index contributed by atoms with van der Waals surface area (Å²) in [6, 6.07) is 5.93. The number of non-ortho nitro benzene ring substituents is 1. The smallest absolute Gasteiger partial charge is 0.273 e. The number of ether oxygens (including phenoxy) is 1. The number of carbonyl (C=O) groups is 1. The molecule has 1 aromatic carbocycles. The standard InChI is InChI=1S/C12H7Br2NO4S/c13-8-2-1-7(15(17)18)5-11(8)19-6-10(16)12-9(14)3-4-20-12/h1-5H,6H2. The second kappa shape index (κ2) is 6.47. The molecule has 0 aliphatic heterocycles. The van der Waals surface area contributed by atoms with Gasteiger partial charge in [0.2, 0.25) is 5.78 Å². The van der Waals surface area contributed by atoms with Crippen molar-refractivity contribution in [3.05, 3.63) is 53.6 Å². The molecular weight excluding hydrogens is 414 g/mol. The van der Waals surface area contributed by atoms with E-state index in [9.17, 15) is 14.9 Å². The van der Waals surface area contributed by atoms with E-state index in [4.69, 9.17) is 4.74 Å². The number of thiophene rings is 1. The number of nitro benzene ring substituents is 1. The fourth-order valence-corrected chi connectivity index (χ4v) is 3.30. The third-order valence-electron chi connectivity index (χ3n) is 2.35. The van der Waals surface area contributed by atoms with Crippen LogP contribution in [0.2, 0.25) is 0 Å².